The van der Waals surface area contributed by atoms with Gasteiger partial charge in [-0.05, 0) is 48.7 Å². The normalized spacial score (nSPS) is 24.4. The number of fused-ring (bicyclic) bond motifs is 3. The zero-order chi connectivity index (χ0) is 24.6. The van der Waals surface area contributed by atoms with Gasteiger partial charge >= 0.3 is 0 Å². The maximum atomic E-state index is 14.0. The second-order valence-electron chi connectivity index (χ2n) is 9.28. The number of aryl methyl sites for hydroxylation is 2. The first kappa shape index (κ1) is 22.1. The fourth-order valence-corrected chi connectivity index (χ4v) is 6.14. The van der Waals surface area contributed by atoms with E-state index >= 15 is 0 Å². The molecule has 6 nitrogen and oxygen atoms in total. The van der Waals surface area contributed by atoms with E-state index in [1.807, 2.05) is 26.0 Å². The van der Waals surface area contributed by atoms with E-state index in [0.717, 1.165) is 16.0 Å². The summed E-state index contributed by atoms with van der Waals surface area (Å²) in [4.78, 5) is 56.6. The number of rotatable bonds is 2. The monoisotopic (exact) mass is 529 g/mol. The molecule has 3 atom stereocenters. The van der Waals surface area contributed by atoms with Crippen molar-refractivity contribution in [1.29, 1.82) is 0 Å². The van der Waals surface area contributed by atoms with Gasteiger partial charge in [0.25, 0.3) is 0 Å². The highest BCUT2D eigenvalue weighted by Gasteiger charge is 2.74. The minimum atomic E-state index is -2.07. The van der Waals surface area contributed by atoms with Gasteiger partial charge in [-0.15, -0.1) is 0 Å². The summed E-state index contributed by atoms with van der Waals surface area (Å²) < 4.78 is 6.99. The van der Waals surface area contributed by atoms with Crippen molar-refractivity contribution in [3.05, 3.63) is 99.0 Å². The Bertz CT molecular complexity index is 1440. The molecule has 174 valence electrons. The summed E-state index contributed by atoms with van der Waals surface area (Å²) in [6.45, 7) is 3.85. The number of hydrogen-bond acceptors (Lipinski definition) is 5. The van der Waals surface area contributed by atoms with Crippen LogP contribution in [0.25, 0.3) is 0 Å². The molecule has 3 aromatic carbocycles. The van der Waals surface area contributed by atoms with Gasteiger partial charge in [-0.3, -0.25) is 19.2 Å². The number of ether oxygens (including phenoxy) is 1. The topological polar surface area (TPSA) is 80.8 Å². The Labute approximate surface area is 210 Å². The highest BCUT2D eigenvalue weighted by Crippen LogP contribution is 2.58. The number of imide groups is 1. The van der Waals surface area contributed by atoms with Crippen LogP contribution < -0.4 is 4.90 Å². The summed E-state index contributed by atoms with van der Waals surface area (Å²) in [5, 5.41) is 0. The molecule has 0 aromatic heterocycles. The van der Waals surface area contributed by atoms with Crippen molar-refractivity contribution in [1.82, 2.24) is 0 Å². The van der Waals surface area contributed by atoms with Gasteiger partial charge in [-0.25, -0.2) is 4.90 Å². The Kier molecular flexibility index (Phi) is 4.75. The molecule has 1 aliphatic carbocycles. The first-order valence-corrected chi connectivity index (χ1v) is 12.1. The van der Waals surface area contributed by atoms with Crippen molar-refractivity contribution >= 4 is 45.0 Å². The molecule has 3 aliphatic rings. The van der Waals surface area contributed by atoms with Crippen LogP contribution in [0.2, 0.25) is 0 Å². The average molecular weight is 530 g/mol. The zero-order valence-electron chi connectivity index (χ0n) is 18.9. The van der Waals surface area contributed by atoms with Gasteiger partial charge in [0, 0.05) is 15.6 Å². The molecule has 0 bridgehead atoms. The molecule has 0 unspecified atom stereocenters. The number of amides is 2. The molecule has 2 heterocycles. The number of benzene rings is 3. The Hall–Kier alpha value is -3.42. The van der Waals surface area contributed by atoms with E-state index in [1.165, 1.54) is 0 Å². The largest absolute Gasteiger partial charge is 0.349 e. The molecule has 0 saturated carbocycles. The van der Waals surface area contributed by atoms with Crippen LogP contribution in [0.15, 0.2) is 71.2 Å². The molecule has 1 spiro atoms. The van der Waals surface area contributed by atoms with Gasteiger partial charge in [0.1, 0.15) is 0 Å². The molecule has 2 saturated heterocycles. The maximum Gasteiger partial charge on any atom is 0.241 e. The van der Waals surface area contributed by atoms with Crippen LogP contribution in [0.4, 0.5) is 5.69 Å². The lowest BCUT2D eigenvalue weighted by atomic mass is 9.77. The molecule has 7 heteroatoms. The van der Waals surface area contributed by atoms with Crippen LogP contribution in [0.1, 0.15) is 43.5 Å². The first-order valence-electron chi connectivity index (χ1n) is 11.3. The van der Waals surface area contributed by atoms with E-state index in [0.29, 0.717) is 15.7 Å². The zero-order valence-corrected chi connectivity index (χ0v) is 20.5. The summed E-state index contributed by atoms with van der Waals surface area (Å²) in [5.74, 6) is -4.48. The van der Waals surface area contributed by atoms with Gasteiger partial charge < -0.3 is 4.74 Å². The maximum absolute atomic E-state index is 14.0. The molecular weight excluding hydrogens is 510 g/mol. The molecule has 35 heavy (non-hydrogen) atoms. The van der Waals surface area contributed by atoms with E-state index in [4.69, 9.17) is 4.74 Å². The lowest BCUT2D eigenvalue weighted by molar-refractivity contribution is -0.127. The number of Topliss-reactive ketones (excluding diaryl/α,β-unsaturated/α-hetero) is 2. The minimum absolute atomic E-state index is 0.217. The van der Waals surface area contributed by atoms with Gasteiger partial charge in [0.05, 0.1) is 23.6 Å². The standard InChI is InChI=1S/C28H20BrNO5/c1-14-11-12-16(13-15(14)2)30-26(33)21-22(27(30)34)28(35-23(21)19-9-5-6-10-20(19)29)24(31)17-7-3-4-8-18(17)25(28)32/h3-13,21-23H,1-2H3/t21-,22+,23+/m0/s1. The van der Waals surface area contributed by atoms with Crippen molar-refractivity contribution in [3.8, 4) is 0 Å². The second kappa shape index (κ2) is 7.54. The van der Waals surface area contributed by atoms with Crippen molar-refractivity contribution in [2.45, 2.75) is 25.6 Å². The molecule has 2 amide bonds. The number of carbonyl (C=O) groups is 4. The van der Waals surface area contributed by atoms with Gasteiger partial charge in [0.15, 0.2) is 0 Å². The molecule has 2 fully saturated rings. The third-order valence-electron chi connectivity index (χ3n) is 7.48. The van der Waals surface area contributed by atoms with E-state index in [-0.39, 0.29) is 11.1 Å². The van der Waals surface area contributed by atoms with E-state index in [9.17, 15) is 19.2 Å². The Morgan fingerprint density at radius 2 is 1.43 bits per heavy atom. The summed E-state index contributed by atoms with van der Waals surface area (Å²) >= 11 is 3.51. The lowest BCUT2D eigenvalue weighted by Gasteiger charge is -2.27. The smallest absolute Gasteiger partial charge is 0.241 e. The molecular formula is C28H20BrNO5. The van der Waals surface area contributed by atoms with Crippen molar-refractivity contribution < 1.29 is 23.9 Å². The molecule has 0 N–H and O–H groups in total. The predicted molar refractivity (Wildman–Crippen MR) is 131 cm³/mol. The third kappa shape index (κ3) is 2.79. The summed E-state index contributed by atoms with van der Waals surface area (Å²) in [7, 11) is 0. The number of ketones is 2. The van der Waals surface area contributed by atoms with Gasteiger partial charge in [-0.1, -0.05) is 64.5 Å². The Morgan fingerprint density at radius 1 is 0.800 bits per heavy atom. The van der Waals surface area contributed by atoms with Crippen LogP contribution in [-0.4, -0.2) is 29.0 Å². The van der Waals surface area contributed by atoms with Crippen LogP contribution in [0.3, 0.4) is 0 Å². The molecule has 2 aliphatic heterocycles. The fraction of sp³-hybridized carbons (Fsp3) is 0.214. The highest BCUT2D eigenvalue weighted by molar-refractivity contribution is 9.10. The van der Waals surface area contributed by atoms with Gasteiger partial charge in [-0.2, -0.15) is 0 Å². The van der Waals surface area contributed by atoms with Crippen molar-refractivity contribution in [2.24, 2.45) is 11.8 Å². The molecule has 6 rings (SSSR count). The summed E-state index contributed by atoms with van der Waals surface area (Å²) in [6.07, 6.45) is -0.953. The van der Waals surface area contributed by atoms with Crippen LogP contribution in [0, 0.1) is 25.7 Å². The number of halogens is 1. The third-order valence-corrected chi connectivity index (χ3v) is 8.20. The fourth-order valence-electron chi connectivity index (χ4n) is 5.62. The van der Waals surface area contributed by atoms with Crippen LogP contribution in [0.5, 0.6) is 0 Å². The van der Waals surface area contributed by atoms with Crippen molar-refractivity contribution in [2.75, 3.05) is 4.90 Å². The number of carbonyl (C=O) groups excluding carboxylic acids is 4. The minimum Gasteiger partial charge on any atom is -0.349 e. The van der Waals surface area contributed by atoms with Crippen LogP contribution in [-0.2, 0) is 14.3 Å². The second-order valence-corrected chi connectivity index (χ2v) is 10.1. The molecule has 0 radical (unpaired) electrons. The SMILES string of the molecule is Cc1ccc(N2C(=O)[C@@H]3[C@@H](c4ccccc4Br)OC4(C(=O)c5ccccc5C4=O)[C@H]3C2=O)cc1C. The van der Waals surface area contributed by atoms with Crippen molar-refractivity contribution in [3.63, 3.8) is 0 Å². The number of hydrogen-bond donors (Lipinski definition) is 0. The summed E-state index contributed by atoms with van der Waals surface area (Å²) in [6, 6.07) is 19.0. The first-order chi connectivity index (χ1) is 16.8. The quantitative estimate of drug-likeness (QED) is 0.353. The highest BCUT2D eigenvalue weighted by atomic mass is 79.9. The molecule has 3 aromatic rings. The van der Waals surface area contributed by atoms with Crippen LogP contribution >= 0.6 is 15.9 Å². The van der Waals surface area contributed by atoms with Gasteiger partial charge in [0.2, 0.25) is 29.0 Å². The van der Waals surface area contributed by atoms with E-state index < -0.39 is 46.9 Å². The average Bonchev–Trinajstić information content (AvgIpc) is 3.41. The van der Waals surface area contributed by atoms with E-state index in [1.54, 1.807) is 54.6 Å². The summed E-state index contributed by atoms with van der Waals surface area (Å²) in [5.41, 5.74) is 1.34. The number of anilines is 1. The Balaban J connectivity index is 1.56. The Morgan fingerprint density at radius 3 is 2.06 bits per heavy atom. The predicted octanol–water partition coefficient (Wildman–Crippen LogP) is 4.76. The lowest BCUT2D eigenvalue weighted by Crippen LogP contribution is -2.51. The van der Waals surface area contributed by atoms with E-state index in [2.05, 4.69) is 15.9 Å². The number of nitrogens with zero attached hydrogens (tertiary/aromatic N) is 1.